The summed E-state index contributed by atoms with van der Waals surface area (Å²) in [7, 11) is 1.90. The van der Waals surface area contributed by atoms with Gasteiger partial charge in [0.05, 0.1) is 11.7 Å². The number of β-amino-alcohol motifs (C(OH)–C–C–N with tert-alkyl or cyclic N) is 1. The Morgan fingerprint density at radius 1 is 1.23 bits per heavy atom. The molecule has 1 fully saturated rings. The van der Waals surface area contributed by atoms with Crippen molar-refractivity contribution < 1.29 is 24.8 Å². The van der Waals surface area contributed by atoms with Crippen molar-refractivity contribution in [3.05, 3.63) is 67.5 Å². The second-order valence-electron chi connectivity index (χ2n) is 8.08. The number of likely N-dealkylation sites (tertiary alicyclic amines) is 1. The Morgan fingerprint density at radius 2 is 1.94 bits per heavy atom. The molecular weight excluding hydrogens is 466 g/mol. The largest absolute Gasteiger partial charge is 0.507 e. The third kappa shape index (κ3) is 3.74. The molecule has 8 heteroatoms. The maximum atomic E-state index is 13.4. The second kappa shape index (κ2) is 8.27. The van der Waals surface area contributed by atoms with E-state index in [9.17, 15) is 25.2 Å². The number of nitrogens with zero attached hydrogens (tertiary/aromatic N) is 1. The number of phenols is 2. The lowest BCUT2D eigenvalue weighted by Crippen LogP contribution is -2.40. The molecule has 2 heterocycles. The predicted octanol–water partition coefficient (Wildman–Crippen LogP) is 3.14. The summed E-state index contributed by atoms with van der Waals surface area (Å²) in [6.45, 7) is 2.67. The van der Waals surface area contributed by atoms with E-state index >= 15 is 0 Å². The number of phenolic OH excluding ortho intramolecular Hbond substituents is 2. The Morgan fingerprint density at radius 3 is 2.61 bits per heavy atom. The van der Waals surface area contributed by atoms with Gasteiger partial charge in [-0.05, 0) is 38.6 Å². The van der Waals surface area contributed by atoms with Crippen LogP contribution in [-0.2, 0) is 0 Å². The topological polar surface area (TPSA) is 114 Å². The molecule has 0 spiro atoms. The molecule has 3 atom stereocenters. The molecule has 2 aromatic carbocycles. The molecule has 0 amide bonds. The lowest BCUT2D eigenvalue weighted by molar-refractivity contribution is 0.0630. The first-order valence-corrected chi connectivity index (χ1v) is 10.8. The Labute approximate surface area is 187 Å². The van der Waals surface area contributed by atoms with Gasteiger partial charge in [0.1, 0.15) is 34.3 Å². The van der Waals surface area contributed by atoms with Gasteiger partial charge in [-0.2, -0.15) is 0 Å². The van der Waals surface area contributed by atoms with Gasteiger partial charge in [0.25, 0.3) is 0 Å². The molecule has 0 saturated carbocycles. The van der Waals surface area contributed by atoms with Crippen LogP contribution in [0.1, 0.15) is 40.9 Å². The van der Waals surface area contributed by atoms with Crippen LogP contribution in [0.15, 0.2) is 44.0 Å². The van der Waals surface area contributed by atoms with Crippen molar-refractivity contribution in [2.45, 2.75) is 31.5 Å². The van der Waals surface area contributed by atoms with Crippen molar-refractivity contribution in [2.75, 3.05) is 20.1 Å². The number of hydrogen-bond acceptors (Lipinski definition) is 7. The minimum Gasteiger partial charge on any atom is -0.507 e. The maximum Gasteiger partial charge on any atom is 0.202 e. The van der Waals surface area contributed by atoms with E-state index in [1.54, 1.807) is 31.2 Å². The van der Waals surface area contributed by atoms with Gasteiger partial charge in [0.2, 0.25) is 5.43 Å². The summed E-state index contributed by atoms with van der Waals surface area (Å²) < 4.78 is 6.59. The number of halogens is 1. The number of piperidine rings is 1. The summed E-state index contributed by atoms with van der Waals surface area (Å²) in [6, 6.07) is 8.09. The molecule has 0 radical (unpaired) electrons. The summed E-state index contributed by atoms with van der Waals surface area (Å²) >= 11 is 3.39. The normalized spacial score (nSPS) is 20.8. The van der Waals surface area contributed by atoms with E-state index in [1.807, 2.05) is 11.9 Å². The van der Waals surface area contributed by atoms with Gasteiger partial charge in [0, 0.05) is 28.6 Å². The molecule has 7 nitrogen and oxygen atoms in total. The minimum atomic E-state index is -1.28. The number of aromatic hydroxyl groups is 2. The number of aliphatic hydroxyl groups is 2. The lowest BCUT2D eigenvalue weighted by atomic mass is 9.85. The highest BCUT2D eigenvalue weighted by atomic mass is 79.9. The first-order chi connectivity index (χ1) is 14.7. The molecule has 1 aromatic heterocycles. The Bertz CT molecular complexity index is 1210. The van der Waals surface area contributed by atoms with Gasteiger partial charge in [0.15, 0.2) is 0 Å². The van der Waals surface area contributed by atoms with Gasteiger partial charge in [-0.1, -0.05) is 34.1 Å². The van der Waals surface area contributed by atoms with E-state index in [4.69, 9.17) is 4.42 Å². The number of benzene rings is 2. The molecule has 0 aliphatic carbocycles. The maximum absolute atomic E-state index is 13.4. The van der Waals surface area contributed by atoms with E-state index in [2.05, 4.69) is 15.9 Å². The zero-order valence-corrected chi connectivity index (χ0v) is 18.8. The Hall–Kier alpha value is -2.39. The zero-order valence-electron chi connectivity index (χ0n) is 17.2. The smallest absolute Gasteiger partial charge is 0.202 e. The summed E-state index contributed by atoms with van der Waals surface area (Å²) in [5.41, 5.74) is 0.257. The molecule has 0 bridgehead atoms. The van der Waals surface area contributed by atoms with Crippen LogP contribution in [-0.4, -0.2) is 51.6 Å². The molecule has 31 heavy (non-hydrogen) atoms. The monoisotopic (exact) mass is 489 g/mol. The summed E-state index contributed by atoms with van der Waals surface area (Å²) in [5, 5.41) is 42.6. The molecule has 1 saturated heterocycles. The van der Waals surface area contributed by atoms with Gasteiger partial charge in [-0.15, -0.1) is 0 Å². The fourth-order valence-electron chi connectivity index (χ4n) is 4.43. The lowest BCUT2D eigenvalue weighted by Gasteiger charge is -2.34. The quantitative estimate of drug-likeness (QED) is 0.446. The number of hydrogen-bond donors (Lipinski definition) is 4. The third-order valence-corrected chi connectivity index (χ3v) is 6.73. The number of likely N-dealkylation sites (N-methyl/N-ethyl adjacent to an activating group) is 1. The van der Waals surface area contributed by atoms with Gasteiger partial charge >= 0.3 is 0 Å². The third-order valence-electron chi connectivity index (χ3n) is 6.01. The highest BCUT2D eigenvalue weighted by Crippen LogP contribution is 2.42. The first-order valence-electron chi connectivity index (χ1n) is 10.0. The van der Waals surface area contributed by atoms with Crippen LogP contribution in [0.25, 0.3) is 11.0 Å². The SMILES string of the molecule is Cc1oc2c([C@H]3CCN(C)C[C@H]3O)c(O)cc(O)c2c(=O)c1C(O)c1ccccc1Br. The number of aryl methyl sites for hydroxylation is 1. The standard InChI is InChI=1S/C23H24BrNO6/c1-11-18(21(29)12-5-3-4-6-14(12)24)22(30)20-16(27)9-15(26)19(23(20)31-11)13-7-8-25(2)10-17(13)28/h3-6,9,13,17,21,26-29H,7-8,10H2,1-2H3/t13-,17+,21?/m0/s1. The summed E-state index contributed by atoms with van der Waals surface area (Å²) in [5.74, 6) is -0.955. The van der Waals surface area contributed by atoms with E-state index < -0.39 is 29.3 Å². The van der Waals surface area contributed by atoms with Gasteiger partial charge < -0.3 is 29.7 Å². The number of rotatable bonds is 3. The molecule has 4 N–H and O–H groups in total. The van der Waals surface area contributed by atoms with Crippen molar-refractivity contribution in [3.8, 4) is 11.5 Å². The zero-order chi connectivity index (χ0) is 22.4. The molecule has 3 aromatic rings. The predicted molar refractivity (Wildman–Crippen MR) is 120 cm³/mol. The average Bonchev–Trinajstić information content (AvgIpc) is 2.69. The van der Waals surface area contributed by atoms with Crippen LogP contribution in [0.2, 0.25) is 0 Å². The Kier molecular flexibility index (Phi) is 5.83. The van der Waals surface area contributed by atoms with Crippen LogP contribution in [0, 0.1) is 6.92 Å². The van der Waals surface area contributed by atoms with Crippen LogP contribution in [0.4, 0.5) is 0 Å². The molecule has 1 aliphatic heterocycles. The summed E-state index contributed by atoms with van der Waals surface area (Å²) in [6.07, 6.45) is -1.50. The molecular formula is C23H24BrNO6. The van der Waals surface area contributed by atoms with E-state index in [0.29, 0.717) is 35.1 Å². The highest BCUT2D eigenvalue weighted by molar-refractivity contribution is 9.10. The second-order valence-corrected chi connectivity index (χ2v) is 8.94. The average molecular weight is 490 g/mol. The fourth-order valence-corrected chi connectivity index (χ4v) is 4.93. The van der Waals surface area contributed by atoms with Crippen molar-refractivity contribution in [1.29, 1.82) is 0 Å². The van der Waals surface area contributed by atoms with Crippen molar-refractivity contribution in [1.82, 2.24) is 4.90 Å². The number of fused-ring (bicyclic) bond motifs is 1. The Balaban J connectivity index is 1.95. The van der Waals surface area contributed by atoms with Gasteiger partial charge in [-0.25, -0.2) is 0 Å². The van der Waals surface area contributed by atoms with Crippen molar-refractivity contribution in [3.63, 3.8) is 0 Å². The summed E-state index contributed by atoms with van der Waals surface area (Å²) in [4.78, 5) is 15.4. The molecule has 1 aliphatic rings. The molecule has 164 valence electrons. The first kappa shape index (κ1) is 21.8. The van der Waals surface area contributed by atoms with Crippen LogP contribution >= 0.6 is 15.9 Å². The van der Waals surface area contributed by atoms with Crippen LogP contribution in [0.5, 0.6) is 11.5 Å². The highest BCUT2D eigenvalue weighted by Gasteiger charge is 2.34. The van der Waals surface area contributed by atoms with Crippen LogP contribution < -0.4 is 5.43 Å². The molecule has 4 rings (SSSR count). The van der Waals surface area contributed by atoms with Gasteiger partial charge in [-0.3, -0.25) is 4.79 Å². The van der Waals surface area contributed by atoms with E-state index in [0.717, 1.165) is 6.07 Å². The van der Waals surface area contributed by atoms with Crippen molar-refractivity contribution >= 4 is 26.9 Å². The van der Waals surface area contributed by atoms with Crippen molar-refractivity contribution in [2.24, 2.45) is 0 Å². The molecule has 1 unspecified atom stereocenters. The van der Waals surface area contributed by atoms with Crippen LogP contribution in [0.3, 0.4) is 0 Å². The minimum absolute atomic E-state index is 0.00951. The number of aliphatic hydroxyl groups excluding tert-OH is 2. The fraction of sp³-hybridized carbons (Fsp3) is 0.348. The van der Waals surface area contributed by atoms with E-state index in [-0.39, 0.29) is 28.0 Å². The van der Waals surface area contributed by atoms with E-state index in [1.165, 1.54) is 0 Å².